The van der Waals surface area contributed by atoms with E-state index >= 15 is 0 Å². The van der Waals surface area contributed by atoms with E-state index in [1.807, 2.05) is 0 Å². The number of fused-ring (bicyclic) bond motifs is 2. The zero-order valence-electron chi connectivity index (χ0n) is 9.06. The van der Waals surface area contributed by atoms with E-state index in [-0.39, 0.29) is 5.84 Å². The first-order valence-electron chi connectivity index (χ1n) is 5.68. The van der Waals surface area contributed by atoms with Crippen LogP contribution in [0.25, 0.3) is 0 Å². The Labute approximate surface area is 94.2 Å². The van der Waals surface area contributed by atoms with Crippen molar-refractivity contribution in [1.82, 2.24) is 9.97 Å². The largest absolute Gasteiger partial charge is 0.382 e. The van der Waals surface area contributed by atoms with Gasteiger partial charge in [-0.3, -0.25) is 5.41 Å². The normalized spacial score (nSPS) is 27.4. The first kappa shape index (κ1) is 9.57. The molecule has 0 amide bonds. The van der Waals surface area contributed by atoms with Crippen LogP contribution in [0.4, 0.5) is 5.95 Å². The van der Waals surface area contributed by atoms with E-state index in [4.69, 9.17) is 11.1 Å². The molecule has 3 rings (SSSR count). The van der Waals surface area contributed by atoms with Crippen LogP contribution in [0, 0.1) is 11.3 Å². The molecule has 0 spiro atoms. The fraction of sp³-hybridized carbons (Fsp3) is 0.545. The summed E-state index contributed by atoms with van der Waals surface area (Å²) in [5, 5.41) is 7.38. The van der Waals surface area contributed by atoms with Crippen LogP contribution in [0.3, 0.4) is 0 Å². The summed E-state index contributed by atoms with van der Waals surface area (Å²) in [7, 11) is 0. The predicted molar refractivity (Wildman–Crippen MR) is 61.5 cm³/mol. The maximum Gasteiger partial charge on any atom is 0.226 e. The van der Waals surface area contributed by atoms with E-state index in [0.717, 1.165) is 18.4 Å². The predicted octanol–water partition coefficient (Wildman–Crippen LogP) is 0.749. The second kappa shape index (κ2) is 3.43. The van der Waals surface area contributed by atoms with Gasteiger partial charge in [0.25, 0.3) is 0 Å². The van der Waals surface area contributed by atoms with Gasteiger partial charge >= 0.3 is 0 Å². The van der Waals surface area contributed by atoms with Crippen molar-refractivity contribution in [3.63, 3.8) is 0 Å². The Balaban J connectivity index is 1.89. The van der Waals surface area contributed by atoms with Gasteiger partial charge in [0.1, 0.15) is 11.5 Å². The molecule has 0 radical (unpaired) electrons. The van der Waals surface area contributed by atoms with Crippen molar-refractivity contribution in [2.24, 2.45) is 11.7 Å². The van der Waals surface area contributed by atoms with Crippen molar-refractivity contribution >= 4 is 11.8 Å². The summed E-state index contributed by atoms with van der Waals surface area (Å²) < 4.78 is 0. The summed E-state index contributed by atoms with van der Waals surface area (Å²) >= 11 is 0. The lowest BCUT2D eigenvalue weighted by atomic mass is 10.1. The van der Waals surface area contributed by atoms with Gasteiger partial charge in [-0.05, 0) is 31.2 Å². The Morgan fingerprint density at radius 1 is 1.50 bits per heavy atom. The third-order valence-electron chi connectivity index (χ3n) is 3.58. The van der Waals surface area contributed by atoms with Crippen LogP contribution in [0.1, 0.15) is 25.0 Å². The molecule has 1 aliphatic heterocycles. The lowest BCUT2D eigenvalue weighted by Gasteiger charge is -2.26. The lowest BCUT2D eigenvalue weighted by molar-refractivity contribution is 0.546. The fourth-order valence-corrected chi connectivity index (χ4v) is 2.81. The van der Waals surface area contributed by atoms with Gasteiger partial charge in [0.15, 0.2) is 0 Å². The monoisotopic (exact) mass is 217 g/mol. The van der Waals surface area contributed by atoms with E-state index in [9.17, 15) is 0 Å². The van der Waals surface area contributed by atoms with Crippen molar-refractivity contribution in [3.05, 3.63) is 18.0 Å². The van der Waals surface area contributed by atoms with Crippen molar-refractivity contribution in [3.8, 4) is 0 Å². The minimum absolute atomic E-state index is 0.00741. The van der Waals surface area contributed by atoms with E-state index in [0.29, 0.717) is 11.7 Å². The number of aromatic nitrogens is 2. The molecule has 2 bridgehead atoms. The molecule has 84 valence electrons. The summed E-state index contributed by atoms with van der Waals surface area (Å²) in [4.78, 5) is 10.9. The van der Waals surface area contributed by atoms with Crippen LogP contribution in [0.15, 0.2) is 12.3 Å². The third-order valence-corrected chi connectivity index (χ3v) is 3.58. The number of nitrogens with zero attached hydrogens (tertiary/aromatic N) is 3. The molecule has 2 unspecified atom stereocenters. The average Bonchev–Trinajstić information content (AvgIpc) is 2.91. The zero-order valence-corrected chi connectivity index (χ0v) is 9.06. The van der Waals surface area contributed by atoms with Crippen molar-refractivity contribution in [1.29, 1.82) is 5.41 Å². The van der Waals surface area contributed by atoms with Crippen LogP contribution < -0.4 is 10.6 Å². The van der Waals surface area contributed by atoms with E-state index in [1.54, 1.807) is 12.3 Å². The van der Waals surface area contributed by atoms with Gasteiger partial charge in [0.05, 0.1) is 0 Å². The highest BCUT2D eigenvalue weighted by Crippen LogP contribution is 2.38. The molecule has 1 aliphatic carbocycles. The highest BCUT2D eigenvalue weighted by Gasteiger charge is 2.38. The van der Waals surface area contributed by atoms with Crippen LogP contribution in [0.5, 0.6) is 0 Å². The van der Waals surface area contributed by atoms with Gasteiger partial charge in [-0.15, -0.1) is 0 Å². The van der Waals surface area contributed by atoms with E-state index in [2.05, 4.69) is 14.9 Å². The quantitative estimate of drug-likeness (QED) is 0.566. The number of hydrogen-bond donors (Lipinski definition) is 2. The standard InChI is InChI=1S/C11H15N5/c12-10(13)9-3-4-14-11(15-9)16-6-7-1-2-8(16)5-7/h3-4,7-8H,1-2,5-6H2,(H3,12,13). The summed E-state index contributed by atoms with van der Waals surface area (Å²) in [6.07, 6.45) is 5.55. The molecule has 3 N–H and O–H groups in total. The Kier molecular flexibility index (Phi) is 2.05. The number of nitrogen functional groups attached to an aromatic ring is 1. The van der Waals surface area contributed by atoms with Gasteiger partial charge in [0, 0.05) is 18.8 Å². The van der Waals surface area contributed by atoms with E-state index in [1.165, 1.54) is 19.3 Å². The first-order valence-corrected chi connectivity index (χ1v) is 5.68. The lowest BCUT2D eigenvalue weighted by Crippen LogP contribution is -2.33. The van der Waals surface area contributed by atoms with Gasteiger partial charge in [0.2, 0.25) is 5.95 Å². The number of anilines is 1. The SMILES string of the molecule is N=C(N)c1ccnc(N2CC3CCC2C3)n1. The number of nitrogens with two attached hydrogens (primary N) is 1. The number of piperidine rings is 1. The molecule has 5 nitrogen and oxygen atoms in total. The van der Waals surface area contributed by atoms with E-state index < -0.39 is 0 Å². The molecule has 1 aromatic heterocycles. The van der Waals surface area contributed by atoms with Gasteiger partial charge in [-0.1, -0.05) is 0 Å². The summed E-state index contributed by atoms with van der Waals surface area (Å²) in [6, 6.07) is 2.28. The van der Waals surface area contributed by atoms with Crippen LogP contribution >= 0.6 is 0 Å². The molecule has 2 fully saturated rings. The molecular formula is C11H15N5. The molecule has 16 heavy (non-hydrogen) atoms. The first-order chi connectivity index (χ1) is 7.74. The summed E-state index contributed by atoms with van der Waals surface area (Å²) in [5.41, 5.74) is 5.95. The Hall–Kier alpha value is -1.65. The Bertz CT molecular complexity index is 430. The van der Waals surface area contributed by atoms with Gasteiger partial charge in [-0.25, -0.2) is 9.97 Å². The molecule has 2 atom stereocenters. The van der Waals surface area contributed by atoms with Gasteiger partial charge < -0.3 is 10.6 Å². The summed E-state index contributed by atoms with van der Waals surface area (Å²) in [6.45, 7) is 1.06. The minimum Gasteiger partial charge on any atom is -0.382 e. The highest BCUT2D eigenvalue weighted by atomic mass is 15.3. The van der Waals surface area contributed by atoms with Crippen molar-refractivity contribution in [2.45, 2.75) is 25.3 Å². The number of rotatable bonds is 2. The van der Waals surface area contributed by atoms with Crippen molar-refractivity contribution in [2.75, 3.05) is 11.4 Å². The molecule has 2 heterocycles. The number of nitrogens with one attached hydrogen (secondary N) is 1. The molecule has 1 saturated heterocycles. The molecule has 0 aromatic carbocycles. The highest BCUT2D eigenvalue weighted by molar-refractivity contribution is 5.93. The fourth-order valence-electron chi connectivity index (χ4n) is 2.81. The Morgan fingerprint density at radius 3 is 3.00 bits per heavy atom. The van der Waals surface area contributed by atoms with Gasteiger partial charge in [-0.2, -0.15) is 0 Å². The Morgan fingerprint density at radius 2 is 2.38 bits per heavy atom. The smallest absolute Gasteiger partial charge is 0.226 e. The molecular weight excluding hydrogens is 202 g/mol. The molecule has 1 aromatic rings. The zero-order chi connectivity index (χ0) is 11.1. The molecule has 5 heteroatoms. The molecule has 1 saturated carbocycles. The maximum atomic E-state index is 7.38. The average molecular weight is 217 g/mol. The third kappa shape index (κ3) is 1.43. The number of hydrogen-bond acceptors (Lipinski definition) is 4. The maximum absolute atomic E-state index is 7.38. The van der Waals surface area contributed by atoms with Crippen LogP contribution in [0.2, 0.25) is 0 Å². The summed E-state index contributed by atoms with van der Waals surface area (Å²) in [5.74, 6) is 1.56. The second-order valence-corrected chi connectivity index (χ2v) is 4.64. The van der Waals surface area contributed by atoms with Crippen LogP contribution in [-0.2, 0) is 0 Å². The molecule has 2 aliphatic rings. The van der Waals surface area contributed by atoms with Crippen molar-refractivity contribution < 1.29 is 0 Å². The van der Waals surface area contributed by atoms with Crippen LogP contribution in [-0.4, -0.2) is 28.4 Å². The minimum atomic E-state index is 0.00741. The second-order valence-electron chi connectivity index (χ2n) is 4.64. The topological polar surface area (TPSA) is 78.9 Å². The number of amidine groups is 1.